The van der Waals surface area contributed by atoms with Crippen molar-refractivity contribution in [2.45, 2.75) is 52.1 Å². The molecule has 0 spiro atoms. The van der Waals surface area contributed by atoms with Crippen molar-refractivity contribution in [3.05, 3.63) is 12.2 Å². The summed E-state index contributed by atoms with van der Waals surface area (Å²) in [6.07, 6.45) is 8.56. The summed E-state index contributed by atoms with van der Waals surface area (Å²) in [6, 6.07) is 1.21. The monoisotopic (exact) mass is 210 g/mol. The molecular weight excluding hydrogens is 184 g/mol. The third kappa shape index (κ3) is 4.80. The molecular formula is C13H26N2. The maximum atomic E-state index is 3.69. The number of nitrogens with one attached hydrogen (secondary N) is 1. The molecule has 0 aliphatic heterocycles. The van der Waals surface area contributed by atoms with Gasteiger partial charge in [-0.25, -0.2) is 0 Å². The van der Waals surface area contributed by atoms with Gasteiger partial charge in [-0.3, -0.25) is 0 Å². The van der Waals surface area contributed by atoms with Gasteiger partial charge in [-0.1, -0.05) is 26.0 Å². The van der Waals surface area contributed by atoms with Crippen LogP contribution in [0.5, 0.6) is 0 Å². The fraction of sp³-hybridized carbons (Fsp3) is 0.846. The quantitative estimate of drug-likeness (QED) is 0.677. The van der Waals surface area contributed by atoms with Crippen LogP contribution in [0.2, 0.25) is 0 Å². The Bertz CT molecular complexity index is 185. The SMILES string of the molecule is CCN(CC)CC(C)NC1C=CCCC1. The molecule has 0 bridgehead atoms. The van der Waals surface area contributed by atoms with Gasteiger partial charge in [0.25, 0.3) is 0 Å². The van der Waals surface area contributed by atoms with Crippen molar-refractivity contribution in [2.75, 3.05) is 19.6 Å². The summed E-state index contributed by atoms with van der Waals surface area (Å²) >= 11 is 0. The zero-order chi connectivity index (χ0) is 11.1. The summed E-state index contributed by atoms with van der Waals surface area (Å²) in [7, 11) is 0. The lowest BCUT2D eigenvalue weighted by Gasteiger charge is -2.27. The summed E-state index contributed by atoms with van der Waals surface area (Å²) in [5.74, 6) is 0. The predicted octanol–water partition coefficient (Wildman–Crippen LogP) is 2.42. The van der Waals surface area contributed by atoms with Gasteiger partial charge in [-0.15, -0.1) is 0 Å². The largest absolute Gasteiger partial charge is 0.307 e. The highest BCUT2D eigenvalue weighted by Gasteiger charge is 2.12. The lowest BCUT2D eigenvalue weighted by Crippen LogP contribution is -2.43. The van der Waals surface area contributed by atoms with Crippen LogP contribution in [0.15, 0.2) is 12.2 Å². The average molecular weight is 210 g/mol. The molecule has 0 saturated heterocycles. The fourth-order valence-corrected chi connectivity index (χ4v) is 2.24. The smallest absolute Gasteiger partial charge is 0.0253 e. The van der Waals surface area contributed by atoms with Gasteiger partial charge in [0.2, 0.25) is 0 Å². The van der Waals surface area contributed by atoms with Crippen LogP contribution < -0.4 is 5.32 Å². The van der Waals surface area contributed by atoms with Crippen LogP contribution in [-0.2, 0) is 0 Å². The second-order valence-corrected chi connectivity index (χ2v) is 4.52. The maximum absolute atomic E-state index is 3.69. The van der Waals surface area contributed by atoms with Gasteiger partial charge in [-0.05, 0) is 39.3 Å². The number of nitrogens with zero attached hydrogens (tertiary/aromatic N) is 1. The van der Waals surface area contributed by atoms with E-state index in [1.165, 1.54) is 19.3 Å². The normalized spacial score (nSPS) is 23.3. The van der Waals surface area contributed by atoms with Crippen LogP contribution in [-0.4, -0.2) is 36.6 Å². The number of rotatable bonds is 6. The van der Waals surface area contributed by atoms with Crippen molar-refractivity contribution in [3.63, 3.8) is 0 Å². The van der Waals surface area contributed by atoms with Gasteiger partial charge in [0.1, 0.15) is 0 Å². The van der Waals surface area contributed by atoms with E-state index < -0.39 is 0 Å². The van der Waals surface area contributed by atoms with Crippen LogP contribution in [0.4, 0.5) is 0 Å². The number of allylic oxidation sites excluding steroid dienone is 1. The minimum atomic E-state index is 0.595. The Labute approximate surface area is 94.7 Å². The topological polar surface area (TPSA) is 15.3 Å². The molecule has 0 aromatic heterocycles. The Morgan fingerprint density at radius 2 is 2.13 bits per heavy atom. The Morgan fingerprint density at radius 3 is 2.67 bits per heavy atom. The molecule has 15 heavy (non-hydrogen) atoms. The first-order valence-electron chi connectivity index (χ1n) is 6.41. The second-order valence-electron chi connectivity index (χ2n) is 4.52. The lowest BCUT2D eigenvalue weighted by molar-refractivity contribution is 0.264. The molecule has 0 aromatic rings. The fourth-order valence-electron chi connectivity index (χ4n) is 2.24. The van der Waals surface area contributed by atoms with E-state index in [2.05, 4.69) is 43.1 Å². The van der Waals surface area contributed by atoms with Crippen molar-refractivity contribution >= 4 is 0 Å². The highest BCUT2D eigenvalue weighted by atomic mass is 15.1. The molecule has 0 fully saturated rings. The first-order chi connectivity index (χ1) is 7.26. The molecule has 2 unspecified atom stereocenters. The van der Waals surface area contributed by atoms with Crippen LogP contribution in [0.25, 0.3) is 0 Å². The van der Waals surface area contributed by atoms with Crippen LogP contribution in [0.1, 0.15) is 40.0 Å². The van der Waals surface area contributed by atoms with Crippen molar-refractivity contribution in [3.8, 4) is 0 Å². The zero-order valence-electron chi connectivity index (χ0n) is 10.5. The van der Waals surface area contributed by atoms with Crippen molar-refractivity contribution < 1.29 is 0 Å². The molecule has 88 valence electrons. The molecule has 0 aromatic carbocycles. The third-order valence-electron chi connectivity index (χ3n) is 3.18. The molecule has 0 amide bonds. The molecule has 0 heterocycles. The van der Waals surface area contributed by atoms with Crippen LogP contribution in [0.3, 0.4) is 0 Å². The minimum absolute atomic E-state index is 0.595. The van der Waals surface area contributed by atoms with Crippen LogP contribution in [0, 0.1) is 0 Å². The molecule has 2 atom stereocenters. The predicted molar refractivity (Wildman–Crippen MR) is 67.2 cm³/mol. The van der Waals surface area contributed by atoms with E-state index in [0.717, 1.165) is 19.6 Å². The Morgan fingerprint density at radius 1 is 1.40 bits per heavy atom. The van der Waals surface area contributed by atoms with E-state index in [4.69, 9.17) is 0 Å². The van der Waals surface area contributed by atoms with Gasteiger partial charge < -0.3 is 10.2 Å². The molecule has 2 nitrogen and oxygen atoms in total. The van der Waals surface area contributed by atoms with Crippen molar-refractivity contribution in [1.82, 2.24) is 10.2 Å². The van der Waals surface area contributed by atoms with Gasteiger partial charge >= 0.3 is 0 Å². The number of hydrogen-bond donors (Lipinski definition) is 1. The summed E-state index contributed by atoms with van der Waals surface area (Å²) in [5, 5.41) is 3.69. The lowest BCUT2D eigenvalue weighted by atomic mass is 10.0. The highest BCUT2D eigenvalue weighted by molar-refractivity contribution is 4.98. The highest BCUT2D eigenvalue weighted by Crippen LogP contribution is 2.10. The summed E-state index contributed by atoms with van der Waals surface area (Å²) in [5.41, 5.74) is 0. The maximum Gasteiger partial charge on any atom is 0.0253 e. The van der Waals surface area contributed by atoms with E-state index in [1.54, 1.807) is 0 Å². The summed E-state index contributed by atoms with van der Waals surface area (Å²) in [4.78, 5) is 2.48. The molecule has 2 heteroatoms. The van der Waals surface area contributed by atoms with Crippen molar-refractivity contribution in [1.29, 1.82) is 0 Å². The van der Waals surface area contributed by atoms with Gasteiger partial charge in [0.15, 0.2) is 0 Å². The standard InChI is InChI=1S/C13H26N2/c1-4-15(5-2)11-12(3)14-13-9-7-6-8-10-13/h7,9,12-14H,4-6,8,10-11H2,1-3H3. The van der Waals surface area contributed by atoms with Gasteiger partial charge in [0, 0.05) is 18.6 Å². The Kier molecular flexibility index (Phi) is 5.96. The third-order valence-corrected chi connectivity index (χ3v) is 3.18. The second kappa shape index (κ2) is 7.02. The van der Waals surface area contributed by atoms with E-state index in [0.29, 0.717) is 12.1 Å². The van der Waals surface area contributed by atoms with Crippen LogP contribution >= 0.6 is 0 Å². The minimum Gasteiger partial charge on any atom is -0.307 e. The molecule has 0 radical (unpaired) electrons. The van der Waals surface area contributed by atoms with E-state index in [-0.39, 0.29) is 0 Å². The van der Waals surface area contributed by atoms with Gasteiger partial charge in [0.05, 0.1) is 0 Å². The van der Waals surface area contributed by atoms with Gasteiger partial charge in [-0.2, -0.15) is 0 Å². The summed E-state index contributed by atoms with van der Waals surface area (Å²) < 4.78 is 0. The molecule has 1 rings (SSSR count). The zero-order valence-corrected chi connectivity index (χ0v) is 10.5. The number of likely N-dealkylation sites (N-methyl/N-ethyl adjacent to an activating group) is 1. The number of hydrogen-bond acceptors (Lipinski definition) is 2. The van der Waals surface area contributed by atoms with E-state index >= 15 is 0 Å². The Hall–Kier alpha value is -0.340. The van der Waals surface area contributed by atoms with E-state index in [9.17, 15) is 0 Å². The summed E-state index contributed by atoms with van der Waals surface area (Å²) in [6.45, 7) is 10.2. The first kappa shape index (κ1) is 12.7. The van der Waals surface area contributed by atoms with E-state index in [1.807, 2.05) is 0 Å². The molecule has 1 aliphatic carbocycles. The molecule has 1 aliphatic rings. The van der Waals surface area contributed by atoms with Crippen molar-refractivity contribution in [2.24, 2.45) is 0 Å². The first-order valence-corrected chi connectivity index (χ1v) is 6.41. The molecule has 1 N–H and O–H groups in total. The average Bonchev–Trinajstić information content (AvgIpc) is 2.27. The molecule has 0 saturated carbocycles. The Balaban J connectivity index is 2.24.